The number of hydrogen-bond acceptors (Lipinski definition) is 2. The SMILES string of the molecule is COCC(C)C(C)CNC(C)(C)C. The van der Waals surface area contributed by atoms with Crippen LogP contribution in [0, 0.1) is 11.8 Å². The molecule has 0 aliphatic heterocycles. The quantitative estimate of drug-likeness (QED) is 0.713. The van der Waals surface area contributed by atoms with Crippen LogP contribution in [0.4, 0.5) is 0 Å². The Morgan fingerprint density at radius 1 is 1.15 bits per heavy atom. The Hall–Kier alpha value is -0.0800. The lowest BCUT2D eigenvalue weighted by Gasteiger charge is -2.26. The Morgan fingerprint density at radius 2 is 1.69 bits per heavy atom. The summed E-state index contributed by atoms with van der Waals surface area (Å²) < 4.78 is 5.13. The van der Waals surface area contributed by atoms with E-state index in [2.05, 4.69) is 39.9 Å². The highest BCUT2D eigenvalue weighted by molar-refractivity contribution is 4.73. The van der Waals surface area contributed by atoms with Gasteiger partial charge < -0.3 is 10.1 Å². The van der Waals surface area contributed by atoms with Crippen molar-refractivity contribution in [1.29, 1.82) is 0 Å². The van der Waals surface area contributed by atoms with E-state index in [0.29, 0.717) is 11.8 Å². The zero-order valence-corrected chi connectivity index (χ0v) is 9.98. The third kappa shape index (κ3) is 7.03. The van der Waals surface area contributed by atoms with Crippen LogP contribution in [0.15, 0.2) is 0 Å². The minimum absolute atomic E-state index is 0.223. The molecule has 13 heavy (non-hydrogen) atoms. The Bertz CT molecular complexity index is 129. The maximum atomic E-state index is 5.13. The molecule has 0 saturated heterocycles. The maximum absolute atomic E-state index is 5.13. The van der Waals surface area contributed by atoms with Gasteiger partial charge in [-0.1, -0.05) is 13.8 Å². The van der Waals surface area contributed by atoms with E-state index in [0.717, 1.165) is 13.2 Å². The van der Waals surface area contributed by atoms with Crippen LogP contribution < -0.4 is 5.32 Å². The average molecular weight is 187 g/mol. The summed E-state index contributed by atoms with van der Waals surface area (Å²) >= 11 is 0. The van der Waals surface area contributed by atoms with Crippen molar-refractivity contribution in [2.75, 3.05) is 20.3 Å². The zero-order valence-electron chi connectivity index (χ0n) is 9.98. The van der Waals surface area contributed by atoms with Crippen LogP contribution in [-0.4, -0.2) is 25.8 Å². The minimum Gasteiger partial charge on any atom is -0.384 e. The number of methoxy groups -OCH3 is 1. The standard InChI is InChI=1S/C11H25NO/c1-9(10(2)8-13-6)7-12-11(3,4)5/h9-10,12H,7-8H2,1-6H3. The molecule has 0 radical (unpaired) electrons. The van der Waals surface area contributed by atoms with Gasteiger partial charge in [0.25, 0.3) is 0 Å². The highest BCUT2D eigenvalue weighted by atomic mass is 16.5. The Kier molecular flexibility index (Phi) is 5.57. The molecule has 0 saturated carbocycles. The monoisotopic (exact) mass is 187 g/mol. The molecule has 1 N–H and O–H groups in total. The molecule has 0 spiro atoms. The molecular formula is C11H25NO. The molecule has 0 aromatic carbocycles. The second-order valence-electron chi connectivity index (χ2n) is 5.04. The molecule has 2 unspecified atom stereocenters. The predicted octanol–water partition coefficient (Wildman–Crippen LogP) is 2.29. The molecular weight excluding hydrogens is 162 g/mol. The first-order valence-corrected chi connectivity index (χ1v) is 5.11. The van der Waals surface area contributed by atoms with Gasteiger partial charge in [-0.2, -0.15) is 0 Å². The first kappa shape index (κ1) is 12.9. The van der Waals surface area contributed by atoms with Gasteiger partial charge in [0.2, 0.25) is 0 Å². The summed E-state index contributed by atoms with van der Waals surface area (Å²) in [6.45, 7) is 13.0. The Balaban J connectivity index is 3.67. The molecule has 0 aromatic rings. The molecule has 0 bridgehead atoms. The van der Waals surface area contributed by atoms with Crippen molar-refractivity contribution < 1.29 is 4.74 Å². The molecule has 0 heterocycles. The van der Waals surface area contributed by atoms with Gasteiger partial charge in [0, 0.05) is 19.3 Å². The molecule has 0 amide bonds. The first-order valence-electron chi connectivity index (χ1n) is 5.11. The molecule has 2 heteroatoms. The van der Waals surface area contributed by atoms with E-state index < -0.39 is 0 Å². The van der Waals surface area contributed by atoms with Crippen LogP contribution in [0.1, 0.15) is 34.6 Å². The van der Waals surface area contributed by atoms with Gasteiger partial charge in [-0.3, -0.25) is 0 Å². The molecule has 2 nitrogen and oxygen atoms in total. The van der Waals surface area contributed by atoms with E-state index in [-0.39, 0.29) is 5.54 Å². The maximum Gasteiger partial charge on any atom is 0.0490 e. The predicted molar refractivity (Wildman–Crippen MR) is 58.0 cm³/mol. The van der Waals surface area contributed by atoms with E-state index >= 15 is 0 Å². The van der Waals surface area contributed by atoms with Gasteiger partial charge in [-0.05, 0) is 39.2 Å². The van der Waals surface area contributed by atoms with Gasteiger partial charge >= 0.3 is 0 Å². The summed E-state index contributed by atoms with van der Waals surface area (Å²) in [5.41, 5.74) is 0.223. The van der Waals surface area contributed by atoms with Crippen molar-refractivity contribution in [3.63, 3.8) is 0 Å². The van der Waals surface area contributed by atoms with Crippen LogP contribution in [0.3, 0.4) is 0 Å². The van der Waals surface area contributed by atoms with Crippen molar-refractivity contribution >= 4 is 0 Å². The van der Waals surface area contributed by atoms with E-state index in [9.17, 15) is 0 Å². The van der Waals surface area contributed by atoms with Crippen molar-refractivity contribution in [2.45, 2.75) is 40.2 Å². The van der Waals surface area contributed by atoms with E-state index in [1.807, 2.05) is 0 Å². The van der Waals surface area contributed by atoms with Crippen LogP contribution in [0.25, 0.3) is 0 Å². The second kappa shape index (κ2) is 5.61. The molecule has 80 valence electrons. The Labute approximate surface area is 83.1 Å². The summed E-state index contributed by atoms with van der Waals surface area (Å²) in [6, 6.07) is 0. The van der Waals surface area contributed by atoms with Crippen molar-refractivity contribution in [1.82, 2.24) is 5.32 Å². The fourth-order valence-electron chi connectivity index (χ4n) is 1.10. The third-order valence-corrected chi connectivity index (χ3v) is 2.36. The normalized spacial score (nSPS) is 17.1. The van der Waals surface area contributed by atoms with E-state index in [1.165, 1.54) is 0 Å². The van der Waals surface area contributed by atoms with Crippen molar-refractivity contribution in [2.24, 2.45) is 11.8 Å². The largest absolute Gasteiger partial charge is 0.384 e. The lowest BCUT2D eigenvalue weighted by atomic mass is 9.95. The van der Waals surface area contributed by atoms with Crippen molar-refractivity contribution in [3.8, 4) is 0 Å². The topological polar surface area (TPSA) is 21.3 Å². The lowest BCUT2D eigenvalue weighted by Crippen LogP contribution is -2.40. The molecule has 0 rings (SSSR count). The van der Waals surface area contributed by atoms with E-state index in [1.54, 1.807) is 7.11 Å². The summed E-state index contributed by atoms with van der Waals surface area (Å²) in [4.78, 5) is 0. The van der Waals surface area contributed by atoms with Crippen LogP contribution in [-0.2, 0) is 4.74 Å². The fraction of sp³-hybridized carbons (Fsp3) is 1.00. The lowest BCUT2D eigenvalue weighted by molar-refractivity contribution is 0.131. The van der Waals surface area contributed by atoms with Gasteiger partial charge in [0.15, 0.2) is 0 Å². The zero-order chi connectivity index (χ0) is 10.5. The fourth-order valence-corrected chi connectivity index (χ4v) is 1.10. The number of ether oxygens (including phenoxy) is 1. The molecule has 0 aromatic heterocycles. The van der Waals surface area contributed by atoms with Crippen LogP contribution in [0.2, 0.25) is 0 Å². The molecule has 0 aliphatic carbocycles. The van der Waals surface area contributed by atoms with Crippen molar-refractivity contribution in [3.05, 3.63) is 0 Å². The van der Waals surface area contributed by atoms with Crippen LogP contribution in [0.5, 0.6) is 0 Å². The molecule has 2 atom stereocenters. The first-order chi connectivity index (χ1) is 5.87. The Morgan fingerprint density at radius 3 is 2.08 bits per heavy atom. The molecule has 0 aliphatic rings. The van der Waals surface area contributed by atoms with Crippen LogP contribution >= 0.6 is 0 Å². The highest BCUT2D eigenvalue weighted by Crippen LogP contribution is 2.11. The van der Waals surface area contributed by atoms with Gasteiger partial charge in [0.05, 0.1) is 0 Å². The van der Waals surface area contributed by atoms with Gasteiger partial charge in [0.1, 0.15) is 0 Å². The van der Waals surface area contributed by atoms with Gasteiger partial charge in [-0.25, -0.2) is 0 Å². The number of hydrogen-bond donors (Lipinski definition) is 1. The number of nitrogens with one attached hydrogen (secondary N) is 1. The smallest absolute Gasteiger partial charge is 0.0490 e. The van der Waals surface area contributed by atoms with E-state index in [4.69, 9.17) is 4.74 Å². The highest BCUT2D eigenvalue weighted by Gasteiger charge is 2.15. The second-order valence-corrected chi connectivity index (χ2v) is 5.04. The van der Waals surface area contributed by atoms with Gasteiger partial charge in [-0.15, -0.1) is 0 Å². The molecule has 0 fully saturated rings. The summed E-state index contributed by atoms with van der Waals surface area (Å²) in [5.74, 6) is 1.29. The average Bonchev–Trinajstić information content (AvgIpc) is 1.99. The summed E-state index contributed by atoms with van der Waals surface area (Å²) in [6.07, 6.45) is 0. The number of rotatable bonds is 5. The minimum atomic E-state index is 0.223. The summed E-state index contributed by atoms with van der Waals surface area (Å²) in [7, 11) is 1.76. The third-order valence-electron chi connectivity index (χ3n) is 2.36. The summed E-state index contributed by atoms with van der Waals surface area (Å²) in [5, 5.41) is 3.51.